The van der Waals surface area contributed by atoms with Crippen molar-refractivity contribution in [2.24, 2.45) is 0 Å². The number of carboxylic acid groups (broad SMARTS) is 1. The van der Waals surface area contributed by atoms with Gasteiger partial charge in [-0.1, -0.05) is 6.07 Å². The highest BCUT2D eigenvalue weighted by Gasteiger charge is 1.95. The van der Waals surface area contributed by atoms with Crippen LogP contribution in [0.5, 0.6) is 0 Å². The second kappa shape index (κ2) is 14.9. The van der Waals surface area contributed by atoms with E-state index in [0.717, 1.165) is 19.8 Å². The number of pyridine rings is 1. The number of carbonyl (C=O) groups is 1. The summed E-state index contributed by atoms with van der Waals surface area (Å²) in [5.74, 6) is -1.09. The van der Waals surface area contributed by atoms with Crippen molar-refractivity contribution >= 4 is 5.97 Å². The fourth-order valence-corrected chi connectivity index (χ4v) is 1.30. The largest absolute Gasteiger partial charge is 0.550 e. The Morgan fingerprint density at radius 1 is 1.05 bits per heavy atom. The minimum Gasteiger partial charge on any atom is -0.550 e. The molecule has 6 nitrogen and oxygen atoms in total. The summed E-state index contributed by atoms with van der Waals surface area (Å²) in [6.07, 6.45) is 4.03. The topological polar surface area (TPSA) is 71.7 Å². The Kier molecular flexibility index (Phi) is 13.8. The molecule has 0 saturated carbocycles. The Hall–Kier alpha value is -1.50. The molecule has 0 saturated heterocycles. The monoisotopic (exact) mass is 299 g/mol. The van der Waals surface area contributed by atoms with E-state index < -0.39 is 5.97 Å². The van der Waals surface area contributed by atoms with Crippen molar-refractivity contribution in [2.75, 3.05) is 40.1 Å². The maximum Gasteiger partial charge on any atom is 0.171 e. The summed E-state index contributed by atoms with van der Waals surface area (Å²) >= 11 is 0. The zero-order chi connectivity index (χ0) is 15.8. The third kappa shape index (κ3) is 14.7. The summed E-state index contributed by atoms with van der Waals surface area (Å²) in [6, 6.07) is 6.05. The standard InChI is InChI=1S/C9H14NO.C6H12O4/c1-2-11-9-8-10-6-4-3-5-7-10;1-9-4-5-10-3-2-6(7)8/h3-7H,2,8-9H2,1H3;2-5H2,1H3,(H,7,8)/q+1;/p-1. The first-order valence-electron chi connectivity index (χ1n) is 6.99. The molecule has 1 heterocycles. The van der Waals surface area contributed by atoms with Gasteiger partial charge in [-0.05, 0) is 6.92 Å². The molecule has 1 aromatic heterocycles. The average Bonchev–Trinajstić information content (AvgIpc) is 2.49. The summed E-state index contributed by atoms with van der Waals surface area (Å²) in [7, 11) is 1.56. The highest BCUT2D eigenvalue weighted by molar-refractivity contribution is 5.64. The zero-order valence-electron chi connectivity index (χ0n) is 12.8. The van der Waals surface area contributed by atoms with E-state index in [1.807, 2.05) is 37.5 Å². The second-order valence-electron chi connectivity index (χ2n) is 4.04. The van der Waals surface area contributed by atoms with Gasteiger partial charge in [0.1, 0.15) is 6.61 Å². The number of aliphatic carboxylic acids is 1. The van der Waals surface area contributed by atoms with E-state index in [1.165, 1.54) is 0 Å². The van der Waals surface area contributed by atoms with E-state index >= 15 is 0 Å². The molecule has 1 aromatic rings. The molecule has 120 valence electrons. The average molecular weight is 299 g/mol. The summed E-state index contributed by atoms with van der Waals surface area (Å²) in [6.45, 7) is 5.67. The molecule has 1 rings (SSSR count). The third-order valence-corrected chi connectivity index (χ3v) is 2.36. The maximum absolute atomic E-state index is 9.81. The maximum atomic E-state index is 9.81. The van der Waals surface area contributed by atoms with Crippen LogP contribution < -0.4 is 9.67 Å². The Morgan fingerprint density at radius 2 is 1.76 bits per heavy atom. The first-order chi connectivity index (χ1) is 10.2. The molecule has 21 heavy (non-hydrogen) atoms. The van der Waals surface area contributed by atoms with Crippen molar-refractivity contribution in [3.8, 4) is 0 Å². The fourth-order valence-electron chi connectivity index (χ4n) is 1.30. The van der Waals surface area contributed by atoms with Crippen LogP contribution in [0.3, 0.4) is 0 Å². The van der Waals surface area contributed by atoms with Crippen LogP contribution in [0.25, 0.3) is 0 Å². The summed E-state index contributed by atoms with van der Waals surface area (Å²) < 4.78 is 16.8. The highest BCUT2D eigenvalue weighted by atomic mass is 16.5. The number of carbonyl (C=O) groups excluding carboxylic acids is 1. The van der Waals surface area contributed by atoms with E-state index in [-0.39, 0.29) is 13.0 Å². The molecule has 0 radical (unpaired) electrons. The fraction of sp³-hybridized carbons (Fsp3) is 0.600. The minimum absolute atomic E-state index is 0.0519. The Morgan fingerprint density at radius 3 is 2.33 bits per heavy atom. The summed E-state index contributed by atoms with van der Waals surface area (Å²) in [5.41, 5.74) is 0. The predicted molar refractivity (Wildman–Crippen MR) is 75.4 cm³/mol. The Labute approximate surface area is 126 Å². The van der Waals surface area contributed by atoms with E-state index in [9.17, 15) is 9.90 Å². The first-order valence-corrected chi connectivity index (χ1v) is 6.99. The molecule has 0 aliphatic rings. The van der Waals surface area contributed by atoms with E-state index in [0.29, 0.717) is 13.2 Å². The van der Waals surface area contributed by atoms with E-state index in [4.69, 9.17) is 9.47 Å². The quantitative estimate of drug-likeness (QED) is 0.442. The van der Waals surface area contributed by atoms with Gasteiger partial charge in [0.15, 0.2) is 18.9 Å². The van der Waals surface area contributed by atoms with Gasteiger partial charge in [0.25, 0.3) is 0 Å². The van der Waals surface area contributed by atoms with Crippen LogP contribution in [0.15, 0.2) is 30.6 Å². The number of hydrogen-bond acceptors (Lipinski definition) is 5. The molecule has 0 atom stereocenters. The second-order valence-corrected chi connectivity index (χ2v) is 4.04. The molecule has 0 aromatic carbocycles. The minimum atomic E-state index is -1.09. The molecule has 0 spiro atoms. The van der Waals surface area contributed by atoms with Gasteiger partial charge < -0.3 is 24.1 Å². The molecule has 0 aliphatic carbocycles. The molecule has 0 N–H and O–H groups in total. The smallest absolute Gasteiger partial charge is 0.171 e. The Bertz CT molecular complexity index is 345. The van der Waals surface area contributed by atoms with Crippen LogP contribution in [0.4, 0.5) is 0 Å². The number of rotatable bonds is 10. The number of methoxy groups -OCH3 is 1. The van der Waals surface area contributed by atoms with Gasteiger partial charge >= 0.3 is 0 Å². The molecule has 0 bridgehead atoms. The lowest BCUT2D eigenvalue weighted by Gasteiger charge is -2.02. The molecule has 0 amide bonds. The summed E-state index contributed by atoms with van der Waals surface area (Å²) in [5, 5.41) is 9.81. The van der Waals surface area contributed by atoms with E-state index in [2.05, 4.69) is 9.30 Å². The lowest BCUT2D eigenvalue weighted by atomic mass is 10.5. The molecular formula is C15H25NO5. The van der Waals surface area contributed by atoms with Crippen LogP contribution in [-0.4, -0.2) is 46.1 Å². The van der Waals surface area contributed by atoms with Gasteiger partial charge in [-0.3, -0.25) is 0 Å². The van der Waals surface area contributed by atoms with Crippen LogP contribution in [0.2, 0.25) is 0 Å². The predicted octanol–water partition coefficient (Wildman–Crippen LogP) is -0.200. The number of hydrogen-bond donors (Lipinski definition) is 0. The highest BCUT2D eigenvalue weighted by Crippen LogP contribution is 1.80. The number of nitrogens with zero attached hydrogens (tertiary/aromatic N) is 1. The van der Waals surface area contributed by atoms with Crippen molar-refractivity contribution < 1.29 is 28.7 Å². The number of ether oxygens (including phenoxy) is 3. The van der Waals surface area contributed by atoms with Gasteiger partial charge in [0.05, 0.1) is 19.8 Å². The van der Waals surface area contributed by atoms with Gasteiger partial charge in [-0.15, -0.1) is 0 Å². The van der Waals surface area contributed by atoms with Crippen molar-refractivity contribution in [3.05, 3.63) is 30.6 Å². The van der Waals surface area contributed by atoms with Crippen molar-refractivity contribution in [3.63, 3.8) is 0 Å². The summed E-state index contributed by atoms with van der Waals surface area (Å²) in [4.78, 5) is 9.81. The van der Waals surface area contributed by atoms with Gasteiger partial charge in [0, 0.05) is 38.2 Å². The van der Waals surface area contributed by atoms with Crippen molar-refractivity contribution in [2.45, 2.75) is 19.9 Å². The van der Waals surface area contributed by atoms with Gasteiger partial charge in [-0.2, -0.15) is 0 Å². The SMILES string of the molecule is CCOCC[n+]1ccccc1.COCCOCCC(=O)[O-]. The van der Waals surface area contributed by atoms with Crippen molar-refractivity contribution in [1.29, 1.82) is 0 Å². The van der Waals surface area contributed by atoms with Crippen LogP contribution in [0, 0.1) is 0 Å². The van der Waals surface area contributed by atoms with Crippen molar-refractivity contribution in [1.82, 2.24) is 0 Å². The molecular weight excluding hydrogens is 274 g/mol. The number of aromatic nitrogens is 1. The molecule has 6 heteroatoms. The normalized spacial score (nSPS) is 9.81. The Balaban J connectivity index is 0.000000384. The molecule has 0 fully saturated rings. The lowest BCUT2D eigenvalue weighted by molar-refractivity contribution is -0.698. The third-order valence-electron chi connectivity index (χ3n) is 2.36. The van der Waals surface area contributed by atoms with Gasteiger partial charge in [-0.25, -0.2) is 4.57 Å². The molecule has 0 unspecified atom stereocenters. The number of carboxylic acids is 1. The van der Waals surface area contributed by atoms with Crippen LogP contribution in [-0.2, 0) is 25.5 Å². The van der Waals surface area contributed by atoms with E-state index in [1.54, 1.807) is 7.11 Å². The zero-order valence-corrected chi connectivity index (χ0v) is 12.8. The molecule has 0 aliphatic heterocycles. The lowest BCUT2D eigenvalue weighted by Crippen LogP contribution is -2.34. The van der Waals surface area contributed by atoms with Crippen LogP contribution in [0.1, 0.15) is 13.3 Å². The van der Waals surface area contributed by atoms with Gasteiger partial charge in [0.2, 0.25) is 0 Å². The first kappa shape index (κ1) is 19.5. The van der Waals surface area contributed by atoms with Crippen LogP contribution >= 0.6 is 0 Å².